The second-order valence-corrected chi connectivity index (χ2v) is 9.24. The van der Waals surface area contributed by atoms with Crippen LogP contribution in [0.2, 0.25) is 0 Å². The minimum atomic E-state index is -5.86. The predicted octanol–water partition coefficient (Wildman–Crippen LogP) is 4.70. The standard InChI is InChI=1S/C21H17F5N4O3S/c1-2-34-16-6-13(19(10-27)3-4-19)8-30(32)17(16)14-5-12-9-33-18(31)29(15(12)7-28-14)11-20(22,23)21(24,25)26/h5-8H,2-4,9,11H2,1H3. The minimum Gasteiger partial charge on any atom is -0.618 e. The maximum absolute atomic E-state index is 13.6. The Balaban J connectivity index is 1.75. The van der Waals surface area contributed by atoms with Gasteiger partial charge in [-0.25, -0.2) is 9.78 Å². The average Bonchev–Trinajstić information content (AvgIpc) is 3.56. The second kappa shape index (κ2) is 8.26. The first kappa shape index (κ1) is 24.0. The monoisotopic (exact) mass is 500 g/mol. The summed E-state index contributed by atoms with van der Waals surface area (Å²) in [6.45, 7) is -0.485. The zero-order valence-electron chi connectivity index (χ0n) is 17.7. The molecule has 2 aromatic rings. The van der Waals surface area contributed by atoms with Crippen molar-refractivity contribution < 1.29 is 36.2 Å². The number of carbonyl (C=O) groups is 1. The highest BCUT2D eigenvalue weighted by Crippen LogP contribution is 2.48. The summed E-state index contributed by atoms with van der Waals surface area (Å²) >= 11 is 1.34. The number of nitriles is 1. The van der Waals surface area contributed by atoms with Gasteiger partial charge in [-0.15, -0.1) is 11.8 Å². The van der Waals surface area contributed by atoms with Crippen LogP contribution in [0, 0.1) is 16.5 Å². The lowest BCUT2D eigenvalue weighted by atomic mass is 9.99. The van der Waals surface area contributed by atoms with Crippen LogP contribution >= 0.6 is 11.8 Å². The van der Waals surface area contributed by atoms with Gasteiger partial charge in [0.1, 0.15) is 18.8 Å². The Kier molecular flexibility index (Phi) is 5.83. The van der Waals surface area contributed by atoms with E-state index in [2.05, 4.69) is 11.1 Å². The number of carbonyl (C=O) groups excluding carboxylic acids is 1. The number of alkyl halides is 5. The zero-order valence-corrected chi connectivity index (χ0v) is 18.5. The molecule has 0 spiro atoms. The van der Waals surface area contributed by atoms with E-state index in [0.29, 0.717) is 33.8 Å². The molecule has 2 aliphatic rings. The average molecular weight is 500 g/mol. The van der Waals surface area contributed by atoms with Gasteiger partial charge in [0.15, 0.2) is 6.20 Å². The van der Waals surface area contributed by atoms with Crippen molar-refractivity contribution in [3.63, 3.8) is 0 Å². The van der Waals surface area contributed by atoms with E-state index in [9.17, 15) is 37.2 Å². The summed E-state index contributed by atoms with van der Waals surface area (Å²) in [4.78, 5) is 16.8. The van der Waals surface area contributed by atoms with Crippen LogP contribution in [0.15, 0.2) is 29.4 Å². The lowest BCUT2D eigenvalue weighted by Gasteiger charge is -2.32. The molecular formula is C21H17F5N4O3S. The van der Waals surface area contributed by atoms with Crippen LogP contribution < -0.4 is 9.63 Å². The molecule has 0 bridgehead atoms. The van der Waals surface area contributed by atoms with E-state index in [-0.39, 0.29) is 34.1 Å². The quantitative estimate of drug-likeness (QED) is 0.247. The summed E-state index contributed by atoms with van der Waals surface area (Å²) < 4.78 is 70.6. The Bertz CT molecular complexity index is 1190. The molecule has 180 valence electrons. The van der Waals surface area contributed by atoms with E-state index >= 15 is 0 Å². The molecule has 0 N–H and O–H groups in total. The van der Waals surface area contributed by atoms with E-state index in [0.717, 1.165) is 6.20 Å². The molecule has 0 atom stereocenters. The number of amides is 1. The van der Waals surface area contributed by atoms with Gasteiger partial charge in [0.05, 0.1) is 28.3 Å². The van der Waals surface area contributed by atoms with Gasteiger partial charge < -0.3 is 9.94 Å². The SMILES string of the molecule is CCSc1cc(C2(C#N)CC2)c[n+]([O-])c1-c1cc2c(cn1)N(CC(F)(F)C(F)(F)F)C(=O)OC2. The number of aromatic nitrogens is 2. The Morgan fingerprint density at radius 3 is 2.62 bits per heavy atom. The molecule has 1 fully saturated rings. The van der Waals surface area contributed by atoms with Gasteiger partial charge in [-0.2, -0.15) is 31.9 Å². The Morgan fingerprint density at radius 2 is 2.03 bits per heavy atom. The summed E-state index contributed by atoms with van der Waals surface area (Å²) in [7, 11) is 0. The van der Waals surface area contributed by atoms with Crippen molar-refractivity contribution in [2.75, 3.05) is 17.2 Å². The number of nitrogens with zero attached hydrogens (tertiary/aromatic N) is 4. The Labute approximate surface area is 194 Å². The molecule has 13 heteroatoms. The molecule has 7 nitrogen and oxygen atoms in total. The highest BCUT2D eigenvalue weighted by atomic mass is 32.2. The molecule has 2 aromatic heterocycles. The fourth-order valence-corrected chi connectivity index (χ4v) is 4.49. The molecule has 1 aliphatic heterocycles. The summed E-state index contributed by atoms with van der Waals surface area (Å²) in [6.07, 6.45) is -3.67. The number of hydrogen-bond donors (Lipinski definition) is 0. The molecule has 0 radical (unpaired) electrons. The second-order valence-electron chi connectivity index (χ2n) is 7.94. The van der Waals surface area contributed by atoms with Crippen molar-refractivity contribution in [2.45, 2.75) is 48.8 Å². The number of anilines is 1. The fourth-order valence-electron chi connectivity index (χ4n) is 3.63. The van der Waals surface area contributed by atoms with E-state index in [1.54, 1.807) is 6.07 Å². The van der Waals surface area contributed by atoms with E-state index < -0.39 is 30.2 Å². The third-order valence-corrected chi connectivity index (χ3v) is 6.57. The van der Waals surface area contributed by atoms with Crippen LogP contribution in [0.3, 0.4) is 0 Å². The third kappa shape index (κ3) is 4.11. The molecule has 1 aliphatic carbocycles. The highest BCUT2D eigenvalue weighted by molar-refractivity contribution is 7.99. The molecule has 0 unspecified atom stereocenters. The van der Waals surface area contributed by atoms with E-state index in [4.69, 9.17) is 4.74 Å². The molecule has 1 amide bonds. The van der Waals surface area contributed by atoms with E-state index in [1.165, 1.54) is 24.0 Å². The third-order valence-electron chi connectivity index (χ3n) is 5.66. The summed E-state index contributed by atoms with van der Waals surface area (Å²) in [5.41, 5.74) is 0.000829. The van der Waals surface area contributed by atoms with Crippen LogP contribution in [0.5, 0.6) is 0 Å². The molecule has 0 aromatic carbocycles. The molecule has 4 rings (SSSR count). The maximum atomic E-state index is 13.6. The lowest BCUT2D eigenvalue weighted by molar-refractivity contribution is -0.596. The van der Waals surface area contributed by atoms with Crippen LogP contribution in [0.1, 0.15) is 30.9 Å². The minimum absolute atomic E-state index is 0.120. The van der Waals surface area contributed by atoms with Crippen LogP contribution in [-0.2, 0) is 16.8 Å². The van der Waals surface area contributed by atoms with Crippen molar-refractivity contribution in [3.05, 3.63) is 40.9 Å². The van der Waals surface area contributed by atoms with Crippen molar-refractivity contribution in [3.8, 4) is 17.5 Å². The van der Waals surface area contributed by atoms with Gasteiger partial charge in [-0.1, -0.05) is 6.92 Å². The van der Waals surface area contributed by atoms with Crippen molar-refractivity contribution in [2.24, 2.45) is 0 Å². The zero-order chi connectivity index (χ0) is 24.9. The Morgan fingerprint density at radius 1 is 1.32 bits per heavy atom. The first-order chi connectivity index (χ1) is 15.9. The topological polar surface area (TPSA) is 93.2 Å². The van der Waals surface area contributed by atoms with Crippen molar-refractivity contribution in [1.82, 2.24) is 4.98 Å². The number of ether oxygens (including phenoxy) is 1. The van der Waals surface area contributed by atoms with Gasteiger partial charge in [0.2, 0.25) is 0 Å². The molecule has 1 saturated carbocycles. The first-order valence-electron chi connectivity index (χ1n) is 10.1. The van der Waals surface area contributed by atoms with Crippen LogP contribution in [0.25, 0.3) is 11.4 Å². The van der Waals surface area contributed by atoms with Crippen LogP contribution in [-0.4, -0.2) is 35.5 Å². The number of halogens is 5. The van der Waals surface area contributed by atoms with Gasteiger partial charge in [-0.3, -0.25) is 4.90 Å². The summed E-state index contributed by atoms with van der Waals surface area (Å²) in [5, 5.41) is 22.4. The van der Waals surface area contributed by atoms with Gasteiger partial charge in [-0.05, 0) is 30.7 Å². The summed E-state index contributed by atoms with van der Waals surface area (Å²) in [6, 6.07) is 5.29. The number of pyridine rings is 2. The van der Waals surface area contributed by atoms with Crippen molar-refractivity contribution in [1.29, 1.82) is 5.26 Å². The van der Waals surface area contributed by atoms with E-state index in [1.807, 2.05) is 6.92 Å². The first-order valence-corrected chi connectivity index (χ1v) is 11.1. The summed E-state index contributed by atoms with van der Waals surface area (Å²) in [5.74, 6) is -4.57. The molecule has 3 heterocycles. The molecule has 0 saturated heterocycles. The number of thioether (sulfide) groups is 1. The smallest absolute Gasteiger partial charge is 0.455 e. The molecular weight excluding hydrogens is 483 g/mol. The normalized spacial score (nSPS) is 17.1. The largest absolute Gasteiger partial charge is 0.618 e. The highest BCUT2D eigenvalue weighted by Gasteiger charge is 2.59. The predicted molar refractivity (Wildman–Crippen MR) is 110 cm³/mol. The van der Waals surface area contributed by atoms with Crippen molar-refractivity contribution >= 4 is 23.5 Å². The van der Waals surface area contributed by atoms with Gasteiger partial charge >= 0.3 is 18.2 Å². The lowest BCUT2D eigenvalue weighted by Crippen LogP contribution is -2.50. The number of fused-ring (bicyclic) bond motifs is 1. The van der Waals surface area contributed by atoms with Gasteiger partial charge in [0.25, 0.3) is 5.69 Å². The van der Waals surface area contributed by atoms with Gasteiger partial charge in [0, 0.05) is 11.1 Å². The number of cyclic esters (lactones) is 1. The number of rotatable bonds is 6. The Hall–Kier alpha value is -3.14. The maximum Gasteiger partial charge on any atom is 0.455 e. The fraction of sp³-hybridized carbons (Fsp3) is 0.429. The van der Waals surface area contributed by atoms with Crippen LogP contribution in [0.4, 0.5) is 32.4 Å². The molecule has 34 heavy (non-hydrogen) atoms. The number of hydrogen-bond acceptors (Lipinski definition) is 6.